The van der Waals surface area contributed by atoms with Crippen LogP contribution in [0.1, 0.15) is 12.8 Å². The first kappa shape index (κ1) is 16.9. The second-order valence-electron chi connectivity index (χ2n) is 4.73. The Bertz CT molecular complexity index is 250. The van der Waals surface area contributed by atoms with E-state index in [1.165, 1.54) is 0 Å². The topological polar surface area (TPSA) is 57.3 Å². The van der Waals surface area contributed by atoms with Crippen LogP contribution in [0.5, 0.6) is 0 Å². The molecule has 0 aliphatic rings. The van der Waals surface area contributed by atoms with Crippen molar-refractivity contribution < 1.29 is 0 Å². The fourth-order valence-corrected chi connectivity index (χ4v) is 1.50. The number of hydrogen-bond acceptors (Lipinski definition) is 5. The van der Waals surface area contributed by atoms with Crippen molar-refractivity contribution in [1.29, 1.82) is 10.5 Å². The van der Waals surface area contributed by atoms with Gasteiger partial charge in [-0.25, -0.2) is 0 Å². The second-order valence-corrected chi connectivity index (χ2v) is 4.73. The lowest BCUT2D eigenvalue weighted by atomic mass is 10.4. The molecule has 0 spiro atoms. The molecule has 0 aliphatic heterocycles. The Morgan fingerprint density at radius 1 is 0.611 bits per heavy atom. The van der Waals surface area contributed by atoms with Crippen LogP contribution in [0.2, 0.25) is 0 Å². The van der Waals surface area contributed by atoms with E-state index >= 15 is 0 Å². The third kappa shape index (κ3) is 10.0. The van der Waals surface area contributed by atoms with Gasteiger partial charge in [0.15, 0.2) is 0 Å². The summed E-state index contributed by atoms with van der Waals surface area (Å²) in [6.07, 6.45) is 1.19. The van der Waals surface area contributed by atoms with Gasteiger partial charge in [0.1, 0.15) is 0 Å². The largest absolute Gasteiger partial charge is 0.304 e. The van der Waals surface area contributed by atoms with Crippen molar-refractivity contribution in [3.8, 4) is 12.1 Å². The predicted molar refractivity (Wildman–Crippen MR) is 73.0 cm³/mol. The lowest BCUT2D eigenvalue weighted by molar-refractivity contribution is 0.229. The fraction of sp³-hybridized carbons (Fsp3) is 0.846. The second kappa shape index (κ2) is 11.0. The summed E-state index contributed by atoms with van der Waals surface area (Å²) < 4.78 is 0. The van der Waals surface area contributed by atoms with E-state index in [1.54, 1.807) is 0 Å². The summed E-state index contributed by atoms with van der Waals surface area (Å²) in [7, 11) is 6.20. The van der Waals surface area contributed by atoms with Crippen molar-refractivity contribution in [1.82, 2.24) is 14.7 Å². The number of nitrogens with zero attached hydrogens (tertiary/aromatic N) is 5. The molecular formula is C13H25N5. The number of hydrogen-bond donors (Lipinski definition) is 0. The zero-order valence-electron chi connectivity index (χ0n) is 11.9. The molecule has 102 valence electrons. The zero-order valence-corrected chi connectivity index (χ0v) is 11.9. The van der Waals surface area contributed by atoms with Crippen LogP contribution in [-0.2, 0) is 0 Å². The van der Waals surface area contributed by atoms with Gasteiger partial charge in [-0.1, -0.05) is 0 Å². The summed E-state index contributed by atoms with van der Waals surface area (Å²) in [5.41, 5.74) is 0. The standard InChI is InChI=1S/C13H25N5/c1-16(8-4-6-14)10-12-18(3)13-11-17(2)9-5-7-15/h4-5,8-13H2,1-3H3. The zero-order chi connectivity index (χ0) is 13.8. The van der Waals surface area contributed by atoms with Crippen LogP contribution in [-0.4, -0.2) is 75.1 Å². The summed E-state index contributed by atoms with van der Waals surface area (Å²) in [4.78, 5) is 6.64. The Hall–Kier alpha value is -1.14. The molecule has 0 bridgehead atoms. The third-order valence-electron chi connectivity index (χ3n) is 2.94. The number of nitriles is 2. The maximum absolute atomic E-state index is 8.49. The van der Waals surface area contributed by atoms with Gasteiger partial charge in [-0.3, -0.25) is 0 Å². The van der Waals surface area contributed by atoms with Crippen molar-refractivity contribution in [2.24, 2.45) is 0 Å². The summed E-state index contributed by atoms with van der Waals surface area (Å²) in [6.45, 7) is 5.67. The van der Waals surface area contributed by atoms with Crippen LogP contribution in [0.15, 0.2) is 0 Å². The van der Waals surface area contributed by atoms with Crippen LogP contribution < -0.4 is 0 Å². The highest BCUT2D eigenvalue weighted by Crippen LogP contribution is 1.91. The Morgan fingerprint density at radius 3 is 1.17 bits per heavy atom. The monoisotopic (exact) mass is 251 g/mol. The Kier molecular flexibility index (Phi) is 10.3. The van der Waals surface area contributed by atoms with E-state index in [-0.39, 0.29) is 0 Å². The van der Waals surface area contributed by atoms with E-state index < -0.39 is 0 Å². The molecule has 0 unspecified atom stereocenters. The van der Waals surface area contributed by atoms with Gasteiger partial charge in [-0.15, -0.1) is 0 Å². The number of rotatable bonds is 10. The Balaban J connectivity index is 3.56. The third-order valence-corrected chi connectivity index (χ3v) is 2.94. The molecule has 0 aromatic rings. The van der Waals surface area contributed by atoms with Crippen LogP contribution in [0.3, 0.4) is 0 Å². The van der Waals surface area contributed by atoms with E-state index in [2.05, 4.69) is 33.9 Å². The Morgan fingerprint density at radius 2 is 0.889 bits per heavy atom. The SMILES string of the molecule is CN(CCC#N)CCN(C)CCN(C)CCC#N. The molecule has 5 heteroatoms. The van der Waals surface area contributed by atoms with Gasteiger partial charge < -0.3 is 14.7 Å². The number of likely N-dealkylation sites (N-methyl/N-ethyl adjacent to an activating group) is 3. The molecule has 5 nitrogen and oxygen atoms in total. The van der Waals surface area contributed by atoms with Gasteiger partial charge in [0, 0.05) is 52.1 Å². The quantitative estimate of drug-likeness (QED) is 0.569. The van der Waals surface area contributed by atoms with Crippen molar-refractivity contribution >= 4 is 0 Å². The van der Waals surface area contributed by atoms with Gasteiger partial charge in [0.2, 0.25) is 0 Å². The summed E-state index contributed by atoms with van der Waals surface area (Å²) in [6, 6.07) is 4.32. The van der Waals surface area contributed by atoms with Crippen LogP contribution in [0.4, 0.5) is 0 Å². The minimum absolute atomic E-state index is 0.594. The first-order chi connectivity index (χ1) is 8.60. The minimum Gasteiger partial charge on any atom is -0.304 e. The van der Waals surface area contributed by atoms with Gasteiger partial charge in [-0.05, 0) is 21.1 Å². The van der Waals surface area contributed by atoms with Crippen LogP contribution in [0.25, 0.3) is 0 Å². The van der Waals surface area contributed by atoms with Gasteiger partial charge >= 0.3 is 0 Å². The average molecular weight is 251 g/mol. The van der Waals surface area contributed by atoms with Crippen molar-refractivity contribution in [3.05, 3.63) is 0 Å². The molecule has 0 saturated heterocycles. The van der Waals surface area contributed by atoms with E-state index in [4.69, 9.17) is 10.5 Å². The first-order valence-electron chi connectivity index (χ1n) is 6.39. The molecular weight excluding hydrogens is 226 g/mol. The van der Waals surface area contributed by atoms with Crippen LogP contribution >= 0.6 is 0 Å². The molecule has 0 radical (unpaired) electrons. The van der Waals surface area contributed by atoms with E-state index in [0.29, 0.717) is 12.8 Å². The summed E-state index contributed by atoms with van der Waals surface area (Å²) in [5, 5.41) is 17.0. The minimum atomic E-state index is 0.594. The van der Waals surface area contributed by atoms with E-state index in [0.717, 1.165) is 39.3 Å². The van der Waals surface area contributed by atoms with Gasteiger partial charge in [-0.2, -0.15) is 10.5 Å². The van der Waals surface area contributed by atoms with Crippen molar-refractivity contribution in [3.63, 3.8) is 0 Å². The maximum Gasteiger partial charge on any atom is 0.0635 e. The molecule has 18 heavy (non-hydrogen) atoms. The fourth-order valence-electron chi connectivity index (χ4n) is 1.50. The highest BCUT2D eigenvalue weighted by atomic mass is 15.2. The average Bonchev–Trinajstić information content (AvgIpc) is 2.37. The van der Waals surface area contributed by atoms with Gasteiger partial charge in [0.05, 0.1) is 12.1 Å². The van der Waals surface area contributed by atoms with Gasteiger partial charge in [0.25, 0.3) is 0 Å². The molecule has 0 atom stereocenters. The molecule has 0 N–H and O–H groups in total. The molecule has 0 rings (SSSR count). The van der Waals surface area contributed by atoms with Crippen LogP contribution in [0, 0.1) is 22.7 Å². The molecule has 0 fully saturated rings. The normalized spacial score (nSPS) is 10.9. The molecule has 0 saturated carbocycles. The highest BCUT2D eigenvalue weighted by Gasteiger charge is 2.03. The van der Waals surface area contributed by atoms with E-state index in [1.807, 2.05) is 14.1 Å². The molecule has 0 aromatic heterocycles. The highest BCUT2D eigenvalue weighted by molar-refractivity contribution is 4.72. The lowest BCUT2D eigenvalue weighted by Gasteiger charge is -2.23. The van der Waals surface area contributed by atoms with Crippen molar-refractivity contribution in [2.75, 3.05) is 60.4 Å². The molecule has 0 aliphatic carbocycles. The predicted octanol–water partition coefficient (Wildman–Crippen LogP) is 0.609. The molecule has 0 amide bonds. The molecule has 0 aromatic carbocycles. The lowest BCUT2D eigenvalue weighted by Crippen LogP contribution is -2.36. The maximum atomic E-state index is 8.49. The first-order valence-corrected chi connectivity index (χ1v) is 6.39. The summed E-state index contributed by atoms with van der Waals surface area (Å²) in [5.74, 6) is 0. The molecule has 0 heterocycles. The Labute approximate surface area is 111 Å². The smallest absolute Gasteiger partial charge is 0.0635 e. The van der Waals surface area contributed by atoms with E-state index in [9.17, 15) is 0 Å². The summed E-state index contributed by atoms with van der Waals surface area (Å²) >= 11 is 0. The van der Waals surface area contributed by atoms with Crippen molar-refractivity contribution in [2.45, 2.75) is 12.8 Å².